The fraction of sp³-hybridized carbons (Fsp3) is 1.00. The zero-order chi connectivity index (χ0) is 5.82. The summed E-state index contributed by atoms with van der Waals surface area (Å²) >= 11 is 2.01. The van der Waals surface area contributed by atoms with Crippen LogP contribution in [0, 0.1) is 0 Å². The summed E-state index contributed by atoms with van der Waals surface area (Å²) < 4.78 is 0. The van der Waals surface area contributed by atoms with Crippen molar-refractivity contribution in [2.45, 2.75) is 24.5 Å². The van der Waals surface area contributed by atoms with Gasteiger partial charge in [0.2, 0.25) is 0 Å². The molecular weight excluding hydrogens is 120 g/mol. The first-order valence-corrected chi connectivity index (χ1v) is 4.21. The van der Waals surface area contributed by atoms with Crippen molar-refractivity contribution in [2.24, 2.45) is 0 Å². The van der Waals surface area contributed by atoms with Crippen LogP contribution in [0.2, 0.25) is 0 Å². The van der Waals surface area contributed by atoms with Crippen molar-refractivity contribution in [3.05, 3.63) is 0 Å². The highest BCUT2D eigenvalue weighted by Gasteiger charge is 2.13. The van der Waals surface area contributed by atoms with Crippen LogP contribution < -0.4 is 0 Å². The summed E-state index contributed by atoms with van der Waals surface area (Å²) in [6, 6.07) is 0. The van der Waals surface area contributed by atoms with E-state index in [1.54, 1.807) is 0 Å². The summed E-state index contributed by atoms with van der Waals surface area (Å²) in [7, 11) is 0. The Kier molecular flexibility index (Phi) is 2.70. The van der Waals surface area contributed by atoms with E-state index >= 15 is 0 Å². The molecule has 0 aromatic rings. The van der Waals surface area contributed by atoms with E-state index in [1.807, 2.05) is 11.8 Å². The van der Waals surface area contributed by atoms with Gasteiger partial charge in [0.15, 0.2) is 0 Å². The first kappa shape index (κ1) is 6.43. The van der Waals surface area contributed by atoms with Crippen molar-refractivity contribution in [2.75, 3.05) is 12.4 Å². The maximum Gasteiger partial charge on any atom is 0.0441 e. The van der Waals surface area contributed by atoms with Gasteiger partial charge in [0, 0.05) is 11.9 Å². The van der Waals surface area contributed by atoms with Gasteiger partial charge < -0.3 is 5.11 Å². The van der Waals surface area contributed by atoms with E-state index in [1.165, 1.54) is 18.6 Å². The third kappa shape index (κ3) is 1.67. The van der Waals surface area contributed by atoms with Crippen molar-refractivity contribution in [3.63, 3.8) is 0 Å². The van der Waals surface area contributed by atoms with Crippen LogP contribution >= 0.6 is 11.8 Å². The van der Waals surface area contributed by atoms with Gasteiger partial charge in [0.1, 0.15) is 0 Å². The molecule has 0 bridgehead atoms. The van der Waals surface area contributed by atoms with Gasteiger partial charge in [0.25, 0.3) is 0 Å². The van der Waals surface area contributed by atoms with Crippen molar-refractivity contribution < 1.29 is 5.11 Å². The lowest BCUT2D eigenvalue weighted by molar-refractivity contribution is 0.286. The van der Waals surface area contributed by atoms with Gasteiger partial charge in [-0.05, 0) is 25.0 Å². The van der Waals surface area contributed by atoms with E-state index in [9.17, 15) is 0 Å². The van der Waals surface area contributed by atoms with E-state index in [2.05, 4.69) is 0 Å². The molecule has 0 saturated carbocycles. The summed E-state index contributed by atoms with van der Waals surface area (Å²) in [4.78, 5) is 0. The first-order chi connectivity index (χ1) is 3.93. The van der Waals surface area contributed by atoms with Crippen LogP contribution in [0.15, 0.2) is 0 Å². The Morgan fingerprint density at radius 2 is 2.50 bits per heavy atom. The average Bonchev–Trinajstić information content (AvgIpc) is 2.19. The monoisotopic (exact) mass is 132 g/mol. The number of hydrogen-bond acceptors (Lipinski definition) is 2. The molecule has 8 heavy (non-hydrogen) atoms. The van der Waals surface area contributed by atoms with E-state index in [0.29, 0.717) is 6.61 Å². The summed E-state index contributed by atoms with van der Waals surface area (Å²) in [5.41, 5.74) is 0. The molecule has 0 amide bonds. The number of rotatable bonds is 2. The fourth-order valence-electron chi connectivity index (χ4n) is 1.02. The molecule has 48 valence electrons. The molecule has 1 atom stereocenters. The van der Waals surface area contributed by atoms with Crippen LogP contribution in [0.4, 0.5) is 0 Å². The minimum absolute atomic E-state index is 0.373. The van der Waals surface area contributed by atoms with Gasteiger partial charge in [-0.3, -0.25) is 0 Å². The SMILES string of the molecule is OCCC1CCCS1. The van der Waals surface area contributed by atoms with Gasteiger partial charge in [-0.15, -0.1) is 0 Å². The molecular formula is C6H12OS. The summed E-state index contributed by atoms with van der Waals surface area (Å²) in [5.74, 6) is 1.31. The molecule has 0 radical (unpaired) electrons. The minimum atomic E-state index is 0.373. The van der Waals surface area contributed by atoms with Gasteiger partial charge >= 0.3 is 0 Å². The Labute approximate surface area is 54.5 Å². The normalized spacial score (nSPS) is 28.9. The molecule has 1 rings (SSSR count). The summed E-state index contributed by atoms with van der Waals surface area (Å²) in [5, 5.41) is 9.29. The molecule has 1 fully saturated rings. The number of aliphatic hydroxyl groups is 1. The van der Waals surface area contributed by atoms with Crippen LogP contribution in [0.1, 0.15) is 19.3 Å². The average molecular weight is 132 g/mol. The topological polar surface area (TPSA) is 20.2 Å². The van der Waals surface area contributed by atoms with E-state index < -0.39 is 0 Å². The second-order valence-electron chi connectivity index (χ2n) is 2.15. The molecule has 0 aliphatic carbocycles. The number of hydrogen-bond donors (Lipinski definition) is 1. The number of thioether (sulfide) groups is 1. The molecule has 1 aliphatic rings. The quantitative estimate of drug-likeness (QED) is 0.610. The second-order valence-corrected chi connectivity index (χ2v) is 3.56. The lowest BCUT2D eigenvalue weighted by atomic mass is 10.2. The summed E-state index contributed by atoms with van der Waals surface area (Å²) in [6.45, 7) is 0.373. The molecule has 2 heteroatoms. The predicted octanol–water partition coefficient (Wildman–Crippen LogP) is 1.26. The van der Waals surface area contributed by atoms with Gasteiger partial charge in [0.05, 0.1) is 0 Å². The Balaban J connectivity index is 2.06. The van der Waals surface area contributed by atoms with E-state index in [0.717, 1.165) is 11.7 Å². The van der Waals surface area contributed by atoms with Crippen LogP contribution in [-0.4, -0.2) is 22.7 Å². The smallest absolute Gasteiger partial charge is 0.0441 e. The Morgan fingerprint density at radius 1 is 1.62 bits per heavy atom. The Morgan fingerprint density at radius 3 is 3.00 bits per heavy atom. The lowest BCUT2D eigenvalue weighted by Crippen LogP contribution is -1.98. The highest BCUT2D eigenvalue weighted by Crippen LogP contribution is 2.27. The molecule has 1 aliphatic heterocycles. The molecule has 1 N–H and O–H groups in total. The maximum atomic E-state index is 8.51. The fourth-order valence-corrected chi connectivity index (χ4v) is 2.29. The lowest BCUT2D eigenvalue weighted by Gasteiger charge is -2.02. The van der Waals surface area contributed by atoms with Crippen LogP contribution in [0.25, 0.3) is 0 Å². The number of aliphatic hydroxyl groups excluding tert-OH is 1. The van der Waals surface area contributed by atoms with E-state index in [-0.39, 0.29) is 0 Å². The van der Waals surface area contributed by atoms with Gasteiger partial charge in [-0.25, -0.2) is 0 Å². The molecule has 1 nitrogen and oxygen atoms in total. The zero-order valence-corrected chi connectivity index (χ0v) is 5.78. The molecule has 0 spiro atoms. The van der Waals surface area contributed by atoms with Crippen molar-refractivity contribution >= 4 is 11.8 Å². The summed E-state index contributed by atoms with van der Waals surface area (Å²) in [6.07, 6.45) is 3.69. The third-order valence-electron chi connectivity index (χ3n) is 1.48. The van der Waals surface area contributed by atoms with Crippen molar-refractivity contribution in [1.82, 2.24) is 0 Å². The van der Waals surface area contributed by atoms with Crippen molar-refractivity contribution in [3.8, 4) is 0 Å². The van der Waals surface area contributed by atoms with Crippen molar-refractivity contribution in [1.29, 1.82) is 0 Å². The first-order valence-electron chi connectivity index (χ1n) is 3.16. The van der Waals surface area contributed by atoms with Crippen LogP contribution in [0.5, 0.6) is 0 Å². The predicted molar refractivity (Wildman–Crippen MR) is 37.2 cm³/mol. The van der Waals surface area contributed by atoms with Crippen LogP contribution in [0.3, 0.4) is 0 Å². The Bertz CT molecular complexity index is 59.5. The third-order valence-corrected chi connectivity index (χ3v) is 2.94. The standard InChI is InChI=1S/C6H12OS/c7-4-3-6-2-1-5-8-6/h6-7H,1-5H2. The molecule has 1 heterocycles. The zero-order valence-electron chi connectivity index (χ0n) is 4.97. The molecule has 1 unspecified atom stereocenters. The highest BCUT2D eigenvalue weighted by molar-refractivity contribution is 8.00. The largest absolute Gasteiger partial charge is 0.396 e. The maximum absolute atomic E-state index is 8.51. The van der Waals surface area contributed by atoms with E-state index in [4.69, 9.17) is 5.11 Å². The van der Waals surface area contributed by atoms with Gasteiger partial charge in [-0.1, -0.05) is 0 Å². The van der Waals surface area contributed by atoms with Crippen LogP contribution in [-0.2, 0) is 0 Å². The minimum Gasteiger partial charge on any atom is -0.396 e. The molecule has 0 aromatic heterocycles. The molecule has 0 aromatic carbocycles. The molecule has 1 saturated heterocycles. The Hall–Kier alpha value is 0.310. The van der Waals surface area contributed by atoms with Gasteiger partial charge in [-0.2, -0.15) is 11.8 Å². The second kappa shape index (κ2) is 3.36. The highest BCUT2D eigenvalue weighted by atomic mass is 32.2.